The van der Waals surface area contributed by atoms with Gasteiger partial charge in [0.2, 0.25) is 0 Å². The van der Waals surface area contributed by atoms with Crippen molar-refractivity contribution < 1.29 is 4.74 Å². The van der Waals surface area contributed by atoms with Crippen LogP contribution in [0, 0.1) is 0 Å². The van der Waals surface area contributed by atoms with Crippen LogP contribution in [0.15, 0.2) is 36.4 Å². The molecule has 0 aliphatic carbocycles. The average Bonchev–Trinajstić information content (AvgIpc) is 2.39. The van der Waals surface area contributed by atoms with Crippen LogP contribution < -0.4 is 10.5 Å². The lowest BCUT2D eigenvalue weighted by atomic mass is 10.2. The first kappa shape index (κ1) is 15.4. The van der Waals surface area contributed by atoms with Crippen LogP contribution in [0.25, 0.3) is 0 Å². The fraction of sp³-hybridized carbons (Fsp3) is 0.0714. The number of thiocarbonyl (C=S) groups is 1. The second kappa shape index (κ2) is 6.64. The van der Waals surface area contributed by atoms with E-state index in [1.165, 1.54) is 0 Å². The van der Waals surface area contributed by atoms with Gasteiger partial charge in [-0.25, -0.2) is 0 Å². The maximum atomic E-state index is 6.08. The topological polar surface area (TPSA) is 35.2 Å². The summed E-state index contributed by atoms with van der Waals surface area (Å²) in [6, 6.07) is 10.3. The van der Waals surface area contributed by atoms with E-state index in [2.05, 4.69) is 0 Å². The van der Waals surface area contributed by atoms with Gasteiger partial charge < -0.3 is 10.5 Å². The quantitative estimate of drug-likeness (QED) is 0.803. The van der Waals surface area contributed by atoms with Crippen molar-refractivity contribution in [2.45, 2.75) is 6.61 Å². The van der Waals surface area contributed by atoms with E-state index in [-0.39, 0.29) is 11.6 Å². The van der Waals surface area contributed by atoms with E-state index < -0.39 is 0 Å². The van der Waals surface area contributed by atoms with Gasteiger partial charge in [-0.05, 0) is 36.4 Å². The highest BCUT2D eigenvalue weighted by Gasteiger charge is 2.09. The second-order valence-corrected chi connectivity index (χ2v) is 5.75. The van der Waals surface area contributed by atoms with Gasteiger partial charge >= 0.3 is 0 Å². The van der Waals surface area contributed by atoms with Crippen molar-refractivity contribution in [3.8, 4) is 5.75 Å². The molecule has 0 radical (unpaired) electrons. The van der Waals surface area contributed by atoms with Crippen LogP contribution in [-0.4, -0.2) is 4.99 Å². The number of benzene rings is 2. The number of rotatable bonds is 4. The van der Waals surface area contributed by atoms with Gasteiger partial charge in [-0.3, -0.25) is 0 Å². The van der Waals surface area contributed by atoms with Gasteiger partial charge in [-0.1, -0.05) is 47.0 Å². The van der Waals surface area contributed by atoms with Crippen molar-refractivity contribution in [1.82, 2.24) is 0 Å². The zero-order chi connectivity index (χ0) is 14.7. The molecular weight excluding hydrogens is 337 g/mol. The molecule has 0 bridgehead atoms. The van der Waals surface area contributed by atoms with E-state index in [0.717, 1.165) is 5.56 Å². The Morgan fingerprint density at radius 2 is 1.70 bits per heavy atom. The standard InChI is InChI=1S/C14H10Cl3NOS/c15-9-2-4-12(17)8(5-9)7-19-13-6-10(16)1-3-11(13)14(18)20/h1-6H,7H2,(H2,18,20). The van der Waals surface area contributed by atoms with Crippen molar-refractivity contribution in [2.75, 3.05) is 0 Å². The highest BCUT2D eigenvalue weighted by atomic mass is 35.5. The number of hydrogen-bond donors (Lipinski definition) is 1. The Labute approximate surface area is 137 Å². The third-order valence-electron chi connectivity index (χ3n) is 2.60. The molecule has 0 unspecified atom stereocenters. The Hall–Kier alpha value is -1.000. The summed E-state index contributed by atoms with van der Waals surface area (Å²) in [6.07, 6.45) is 0. The minimum absolute atomic E-state index is 0.244. The molecule has 104 valence electrons. The fourth-order valence-electron chi connectivity index (χ4n) is 1.63. The van der Waals surface area contributed by atoms with E-state index >= 15 is 0 Å². The summed E-state index contributed by atoms with van der Waals surface area (Å²) >= 11 is 22.9. The summed E-state index contributed by atoms with van der Waals surface area (Å²) in [5.41, 5.74) is 7.05. The first-order valence-electron chi connectivity index (χ1n) is 5.63. The molecule has 0 spiro atoms. The van der Waals surface area contributed by atoms with Crippen LogP contribution in [-0.2, 0) is 6.61 Å². The number of nitrogens with two attached hydrogens (primary N) is 1. The van der Waals surface area contributed by atoms with E-state index in [1.54, 1.807) is 36.4 Å². The van der Waals surface area contributed by atoms with E-state index in [1.807, 2.05) is 0 Å². The zero-order valence-electron chi connectivity index (χ0n) is 10.2. The van der Waals surface area contributed by atoms with Crippen LogP contribution in [0.4, 0.5) is 0 Å². The van der Waals surface area contributed by atoms with Crippen LogP contribution in [0.2, 0.25) is 15.1 Å². The molecular formula is C14H10Cl3NOS. The van der Waals surface area contributed by atoms with E-state index in [9.17, 15) is 0 Å². The van der Waals surface area contributed by atoms with Crippen molar-refractivity contribution in [1.29, 1.82) is 0 Å². The molecule has 2 rings (SSSR count). The molecule has 0 saturated heterocycles. The first-order valence-corrected chi connectivity index (χ1v) is 7.17. The van der Waals surface area contributed by atoms with Crippen molar-refractivity contribution in [3.05, 3.63) is 62.6 Å². The lowest BCUT2D eigenvalue weighted by Crippen LogP contribution is -2.11. The highest BCUT2D eigenvalue weighted by molar-refractivity contribution is 7.80. The Morgan fingerprint density at radius 3 is 2.40 bits per heavy atom. The van der Waals surface area contributed by atoms with E-state index in [4.69, 9.17) is 57.5 Å². The fourth-order valence-corrected chi connectivity index (χ4v) is 2.33. The van der Waals surface area contributed by atoms with Crippen LogP contribution in [0.5, 0.6) is 5.75 Å². The third kappa shape index (κ3) is 3.76. The lowest BCUT2D eigenvalue weighted by Gasteiger charge is -2.12. The molecule has 0 amide bonds. The minimum atomic E-state index is 0.244. The van der Waals surface area contributed by atoms with Gasteiger partial charge in [0.25, 0.3) is 0 Å². The number of hydrogen-bond acceptors (Lipinski definition) is 2. The molecule has 20 heavy (non-hydrogen) atoms. The van der Waals surface area contributed by atoms with Crippen LogP contribution in [0.3, 0.4) is 0 Å². The number of ether oxygens (including phenoxy) is 1. The predicted molar refractivity (Wildman–Crippen MR) is 88.1 cm³/mol. The molecule has 0 heterocycles. The van der Waals surface area contributed by atoms with Gasteiger partial charge in [0, 0.05) is 20.6 Å². The van der Waals surface area contributed by atoms with Gasteiger partial charge in [0.1, 0.15) is 17.3 Å². The molecule has 0 fully saturated rings. The average molecular weight is 347 g/mol. The normalized spacial score (nSPS) is 10.3. The van der Waals surface area contributed by atoms with Crippen LogP contribution >= 0.6 is 47.0 Å². The second-order valence-electron chi connectivity index (χ2n) is 4.03. The van der Waals surface area contributed by atoms with Crippen molar-refractivity contribution in [3.63, 3.8) is 0 Å². The summed E-state index contributed by atoms with van der Waals surface area (Å²) in [5, 5.41) is 1.71. The third-order valence-corrected chi connectivity index (χ3v) is 3.66. The Balaban J connectivity index is 2.24. The molecule has 0 saturated carbocycles. The Bertz CT molecular complexity index is 661. The largest absolute Gasteiger partial charge is 0.488 e. The lowest BCUT2D eigenvalue weighted by molar-refractivity contribution is 0.306. The molecule has 0 aromatic heterocycles. The Kier molecular flexibility index (Phi) is 5.11. The minimum Gasteiger partial charge on any atom is -0.488 e. The molecule has 2 aromatic rings. The molecule has 0 atom stereocenters. The smallest absolute Gasteiger partial charge is 0.131 e. The first-order chi connectivity index (χ1) is 9.47. The zero-order valence-corrected chi connectivity index (χ0v) is 13.3. The van der Waals surface area contributed by atoms with E-state index in [0.29, 0.717) is 26.4 Å². The summed E-state index contributed by atoms with van der Waals surface area (Å²) in [6.45, 7) is 0.245. The molecule has 6 heteroatoms. The molecule has 2 N–H and O–H groups in total. The van der Waals surface area contributed by atoms with Gasteiger partial charge in [-0.15, -0.1) is 0 Å². The molecule has 0 aliphatic rings. The maximum Gasteiger partial charge on any atom is 0.131 e. The molecule has 2 nitrogen and oxygen atoms in total. The summed E-state index contributed by atoms with van der Waals surface area (Å²) in [4.78, 5) is 0.244. The van der Waals surface area contributed by atoms with Crippen molar-refractivity contribution in [2.24, 2.45) is 5.73 Å². The van der Waals surface area contributed by atoms with Gasteiger partial charge in [-0.2, -0.15) is 0 Å². The molecule has 2 aromatic carbocycles. The van der Waals surface area contributed by atoms with Crippen LogP contribution in [0.1, 0.15) is 11.1 Å². The summed E-state index contributed by atoms with van der Waals surface area (Å²) < 4.78 is 5.71. The maximum absolute atomic E-state index is 6.08. The highest BCUT2D eigenvalue weighted by Crippen LogP contribution is 2.26. The van der Waals surface area contributed by atoms with Crippen molar-refractivity contribution >= 4 is 52.0 Å². The summed E-state index contributed by atoms with van der Waals surface area (Å²) in [5.74, 6) is 0.515. The monoisotopic (exact) mass is 345 g/mol. The predicted octanol–water partition coefficient (Wildman–Crippen LogP) is 4.86. The SMILES string of the molecule is NC(=S)c1ccc(Cl)cc1OCc1cc(Cl)ccc1Cl. The molecule has 0 aliphatic heterocycles. The number of halogens is 3. The Morgan fingerprint density at radius 1 is 1.05 bits per heavy atom. The summed E-state index contributed by atoms with van der Waals surface area (Å²) in [7, 11) is 0. The van der Waals surface area contributed by atoms with Gasteiger partial charge in [0.15, 0.2) is 0 Å². The van der Waals surface area contributed by atoms with Gasteiger partial charge in [0.05, 0.1) is 5.56 Å².